The zero-order valence-corrected chi connectivity index (χ0v) is 8.64. The van der Waals surface area contributed by atoms with E-state index >= 15 is 0 Å². The van der Waals surface area contributed by atoms with Crippen molar-refractivity contribution in [1.82, 2.24) is 0 Å². The van der Waals surface area contributed by atoms with Crippen LogP contribution in [0.15, 0.2) is 30.3 Å². The van der Waals surface area contributed by atoms with Crippen LogP contribution in [0, 0.1) is 0 Å². The molecule has 15 heavy (non-hydrogen) atoms. The highest BCUT2D eigenvalue weighted by Gasteiger charge is 2.35. The van der Waals surface area contributed by atoms with Crippen LogP contribution < -0.4 is 5.73 Å². The van der Waals surface area contributed by atoms with Gasteiger partial charge in [0, 0.05) is 20.1 Å². The number of methoxy groups -OCH3 is 1. The van der Waals surface area contributed by atoms with E-state index in [1.165, 1.54) is 7.11 Å². The summed E-state index contributed by atoms with van der Waals surface area (Å²) in [5, 5.41) is 9.13. The molecule has 4 heteroatoms. The zero-order chi connectivity index (χ0) is 11.3. The average Bonchev–Trinajstić information content (AvgIpc) is 2.27. The third-order valence-electron chi connectivity index (χ3n) is 2.37. The number of hydrogen-bond acceptors (Lipinski definition) is 3. The highest BCUT2D eigenvalue weighted by Crippen LogP contribution is 2.22. The van der Waals surface area contributed by atoms with Gasteiger partial charge in [-0.15, -0.1) is 0 Å². The molecule has 0 spiro atoms. The second-order valence-electron chi connectivity index (χ2n) is 3.39. The van der Waals surface area contributed by atoms with Gasteiger partial charge >= 0.3 is 5.97 Å². The fourth-order valence-corrected chi connectivity index (χ4v) is 1.37. The van der Waals surface area contributed by atoms with Gasteiger partial charge in [0.1, 0.15) is 5.54 Å². The molecule has 1 unspecified atom stereocenters. The van der Waals surface area contributed by atoms with Crippen molar-refractivity contribution in [3.63, 3.8) is 0 Å². The smallest absolute Gasteiger partial charge is 0.328 e. The van der Waals surface area contributed by atoms with Gasteiger partial charge in [-0.3, -0.25) is 0 Å². The van der Waals surface area contributed by atoms with Gasteiger partial charge in [-0.25, -0.2) is 4.79 Å². The van der Waals surface area contributed by atoms with E-state index < -0.39 is 11.5 Å². The fraction of sp³-hybridized carbons (Fsp3) is 0.364. The number of carbonyl (C=O) groups is 1. The summed E-state index contributed by atoms with van der Waals surface area (Å²) in [5.41, 5.74) is 5.10. The summed E-state index contributed by atoms with van der Waals surface area (Å²) in [4.78, 5) is 11.1. The van der Waals surface area contributed by atoms with E-state index in [0.29, 0.717) is 12.2 Å². The monoisotopic (exact) mass is 209 g/mol. The Kier molecular flexibility index (Phi) is 3.82. The predicted molar refractivity (Wildman–Crippen MR) is 56.4 cm³/mol. The standard InChI is InChI=1S/C11H15NO3/c1-15-8-7-11(12,10(13)14)9-5-3-2-4-6-9/h2-6H,7-8,12H2,1H3,(H,13,14). The maximum absolute atomic E-state index is 11.1. The molecular weight excluding hydrogens is 194 g/mol. The molecule has 82 valence electrons. The molecule has 1 aromatic carbocycles. The quantitative estimate of drug-likeness (QED) is 0.757. The topological polar surface area (TPSA) is 72.5 Å². The number of aliphatic carboxylic acids is 1. The lowest BCUT2D eigenvalue weighted by Crippen LogP contribution is -2.45. The molecule has 0 radical (unpaired) electrons. The van der Waals surface area contributed by atoms with Gasteiger partial charge in [0.05, 0.1) is 0 Å². The van der Waals surface area contributed by atoms with Crippen LogP contribution in [0.1, 0.15) is 12.0 Å². The van der Waals surface area contributed by atoms with Crippen LogP contribution in [-0.4, -0.2) is 24.8 Å². The first-order valence-electron chi connectivity index (χ1n) is 4.68. The van der Waals surface area contributed by atoms with Gasteiger partial charge in [0.2, 0.25) is 0 Å². The summed E-state index contributed by atoms with van der Waals surface area (Å²) in [7, 11) is 1.52. The van der Waals surface area contributed by atoms with Crippen LogP contribution in [0.2, 0.25) is 0 Å². The Morgan fingerprint density at radius 2 is 2.07 bits per heavy atom. The molecule has 1 rings (SSSR count). The van der Waals surface area contributed by atoms with Crippen molar-refractivity contribution in [2.24, 2.45) is 5.73 Å². The number of nitrogens with two attached hydrogens (primary N) is 1. The molecule has 0 fully saturated rings. The Hall–Kier alpha value is -1.39. The Bertz CT molecular complexity index is 326. The van der Waals surface area contributed by atoms with Crippen molar-refractivity contribution in [3.8, 4) is 0 Å². The van der Waals surface area contributed by atoms with E-state index in [9.17, 15) is 4.79 Å². The largest absolute Gasteiger partial charge is 0.480 e. The maximum Gasteiger partial charge on any atom is 0.328 e. The van der Waals surface area contributed by atoms with Crippen molar-refractivity contribution in [2.45, 2.75) is 12.0 Å². The van der Waals surface area contributed by atoms with Gasteiger partial charge in [-0.1, -0.05) is 30.3 Å². The van der Waals surface area contributed by atoms with E-state index in [0.717, 1.165) is 0 Å². The lowest BCUT2D eigenvalue weighted by Gasteiger charge is -2.24. The number of ether oxygens (including phenoxy) is 1. The SMILES string of the molecule is COCCC(N)(C(=O)O)c1ccccc1. The summed E-state index contributed by atoms with van der Waals surface area (Å²) in [6.07, 6.45) is 0.253. The molecule has 0 aliphatic rings. The fourth-order valence-electron chi connectivity index (χ4n) is 1.37. The van der Waals surface area contributed by atoms with Gasteiger partial charge in [0.15, 0.2) is 0 Å². The summed E-state index contributed by atoms with van der Waals surface area (Å²) in [5.74, 6) is -1.04. The molecule has 0 bridgehead atoms. The number of carboxylic acid groups (broad SMARTS) is 1. The van der Waals surface area contributed by atoms with Gasteiger partial charge in [-0.2, -0.15) is 0 Å². The minimum absolute atomic E-state index is 0.253. The van der Waals surface area contributed by atoms with Crippen LogP contribution in [0.4, 0.5) is 0 Å². The summed E-state index contributed by atoms with van der Waals surface area (Å²) < 4.78 is 4.87. The molecule has 4 nitrogen and oxygen atoms in total. The number of rotatable bonds is 5. The molecule has 0 aromatic heterocycles. The molecule has 1 aromatic rings. The summed E-state index contributed by atoms with van der Waals surface area (Å²) >= 11 is 0. The molecule has 1 atom stereocenters. The second-order valence-corrected chi connectivity index (χ2v) is 3.39. The second kappa shape index (κ2) is 4.91. The lowest BCUT2D eigenvalue weighted by atomic mass is 9.88. The number of carboxylic acids is 1. The van der Waals surface area contributed by atoms with Crippen LogP contribution >= 0.6 is 0 Å². The molecule has 0 heterocycles. The Balaban J connectivity index is 2.96. The summed E-state index contributed by atoms with van der Waals surface area (Å²) in [6, 6.07) is 8.79. The van der Waals surface area contributed by atoms with E-state index in [-0.39, 0.29) is 6.42 Å². The minimum Gasteiger partial charge on any atom is -0.480 e. The zero-order valence-electron chi connectivity index (χ0n) is 8.64. The van der Waals surface area contributed by atoms with Crippen molar-refractivity contribution in [1.29, 1.82) is 0 Å². The summed E-state index contributed by atoms with van der Waals surface area (Å²) in [6.45, 7) is 0.317. The first-order valence-corrected chi connectivity index (χ1v) is 4.68. The Morgan fingerprint density at radius 3 is 2.53 bits per heavy atom. The highest BCUT2D eigenvalue weighted by atomic mass is 16.5. The average molecular weight is 209 g/mol. The van der Waals surface area contributed by atoms with Gasteiger partial charge in [-0.05, 0) is 5.56 Å². The lowest BCUT2D eigenvalue weighted by molar-refractivity contribution is -0.144. The highest BCUT2D eigenvalue weighted by molar-refractivity contribution is 5.80. The predicted octanol–water partition coefficient (Wildman–Crippen LogP) is 0.962. The normalized spacial score (nSPS) is 14.5. The third kappa shape index (κ3) is 2.55. The van der Waals surface area contributed by atoms with Crippen LogP contribution in [0.3, 0.4) is 0 Å². The van der Waals surface area contributed by atoms with E-state index in [4.69, 9.17) is 15.6 Å². The van der Waals surface area contributed by atoms with Gasteiger partial charge in [0.25, 0.3) is 0 Å². The maximum atomic E-state index is 11.1. The van der Waals surface area contributed by atoms with Crippen LogP contribution in [0.25, 0.3) is 0 Å². The Morgan fingerprint density at radius 1 is 1.47 bits per heavy atom. The molecule has 0 saturated heterocycles. The third-order valence-corrected chi connectivity index (χ3v) is 2.37. The Labute approximate surface area is 88.7 Å². The van der Waals surface area contributed by atoms with Crippen LogP contribution in [0.5, 0.6) is 0 Å². The molecule has 0 amide bonds. The first kappa shape index (κ1) is 11.7. The number of benzene rings is 1. The van der Waals surface area contributed by atoms with E-state index in [1.807, 2.05) is 6.07 Å². The molecule has 0 aliphatic heterocycles. The molecular formula is C11H15NO3. The van der Waals surface area contributed by atoms with Gasteiger partial charge < -0.3 is 15.6 Å². The van der Waals surface area contributed by atoms with E-state index in [1.54, 1.807) is 24.3 Å². The van der Waals surface area contributed by atoms with Crippen LogP contribution in [-0.2, 0) is 15.1 Å². The number of hydrogen-bond donors (Lipinski definition) is 2. The van der Waals surface area contributed by atoms with Crippen molar-refractivity contribution in [2.75, 3.05) is 13.7 Å². The molecule has 3 N–H and O–H groups in total. The van der Waals surface area contributed by atoms with Crippen molar-refractivity contribution < 1.29 is 14.6 Å². The molecule has 0 saturated carbocycles. The molecule has 0 aliphatic carbocycles. The first-order chi connectivity index (χ1) is 7.11. The minimum atomic E-state index is -1.36. The van der Waals surface area contributed by atoms with E-state index in [2.05, 4.69) is 0 Å². The van der Waals surface area contributed by atoms with Crippen molar-refractivity contribution in [3.05, 3.63) is 35.9 Å². The van der Waals surface area contributed by atoms with Crippen molar-refractivity contribution >= 4 is 5.97 Å².